The lowest BCUT2D eigenvalue weighted by atomic mass is 10.2. The zero-order valence-corrected chi connectivity index (χ0v) is 9.70. The van der Waals surface area contributed by atoms with Crippen molar-refractivity contribution in [2.75, 3.05) is 0 Å². The third kappa shape index (κ3) is 3.50. The van der Waals surface area contributed by atoms with E-state index < -0.39 is 5.91 Å². The highest BCUT2D eigenvalue weighted by Crippen LogP contribution is 2.07. The quantitative estimate of drug-likeness (QED) is 0.541. The number of aromatic amines is 1. The second-order valence-electron chi connectivity index (χ2n) is 3.60. The zero-order valence-electron chi connectivity index (χ0n) is 9.70. The highest BCUT2D eigenvalue weighted by atomic mass is 16.3. The van der Waals surface area contributed by atoms with Crippen molar-refractivity contribution in [3.8, 4) is 5.75 Å². The number of carbonyl (C=O) groups is 1. The maximum Gasteiger partial charge on any atom is 0.291 e. The van der Waals surface area contributed by atoms with Gasteiger partial charge in [-0.1, -0.05) is 0 Å². The van der Waals surface area contributed by atoms with E-state index in [0.717, 1.165) is 0 Å². The average molecular weight is 258 g/mol. The number of amides is 1. The lowest BCUT2D eigenvalue weighted by Gasteiger charge is -1.97. The van der Waals surface area contributed by atoms with E-state index in [1.165, 1.54) is 30.5 Å². The molecule has 1 aromatic heterocycles. The minimum Gasteiger partial charge on any atom is -0.508 e. The monoisotopic (exact) mass is 258 g/mol. The van der Waals surface area contributed by atoms with Crippen molar-refractivity contribution in [2.24, 2.45) is 5.10 Å². The number of hydrazone groups is 1. The third-order valence-electron chi connectivity index (χ3n) is 2.18. The molecule has 0 atom stereocenters. The summed E-state index contributed by atoms with van der Waals surface area (Å²) in [6, 6.07) is 8.79. The SMILES string of the molecule is O=C(N/N=C\c1ccc(O)cc1)c1ccc(=O)[nH]n1. The molecule has 0 saturated heterocycles. The van der Waals surface area contributed by atoms with Crippen LogP contribution in [0.3, 0.4) is 0 Å². The van der Waals surface area contributed by atoms with E-state index in [-0.39, 0.29) is 17.0 Å². The molecule has 0 fully saturated rings. The van der Waals surface area contributed by atoms with Gasteiger partial charge >= 0.3 is 0 Å². The van der Waals surface area contributed by atoms with E-state index in [1.807, 2.05) is 0 Å². The molecular formula is C12H10N4O3. The standard InChI is InChI=1S/C12H10N4O3/c17-9-3-1-8(2-4-9)7-13-16-12(19)10-5-6-11(18)15-14-10/h1-7,17H,(H,15,18)(H,16,19)/b13-7-. The molecule has 19 heavy (non-hydrogen) atoms. The molecule has 1 heterocycles. The summed E-state index contributed by atoms with van der Waals surface area (Å²) in [7, 11) is 0. The summed E-state index contributed by atoms with van der Waals surface area (Å²) in [6.45, 7) is 0. The molecule has 0 spiro atoms. The van der Waals surface area contributed by atoms with Crippen LogP contribution in [-0.4, -0.2) is 27.4 Å². The number of rotatable bonds is 3. The molecule has 0 radical (unpaired) electrons. The second-order valence-corrected chi connectivity index (χ2v) is 3.60. The molecule has 1 amide bonds. The average Bonchev–Trinajstić information content (AvgIpc) is 2.41. The molecule has 2 aromatic rings. The van der Waals surface area contributed by atoms with Crippen LogP contribution in [0, 0.1) is 0 Å². The predicted octanol–water partition coefficient (Wildman–Crippen LogP) is 0.239. The van der Waals surface area contributed by atoms with Crippen molar-refractivity contribution in [3.63, 3.8) is 0 Å². The van der Waals surface area contributed by atoms with E-state index in [9.17, 15) is 9.59 Å². The number of hydrogen-bond donors (Lipinski definition) is 3. The van der Waals surface area contributed by atoms with E-state index in [1.54, 1.807) is 12.1 Å². The summed E-state index contributed by atoms with van der Waals surface area (Å²) in [5, 5.41) is 18.5. The van der Waals surface area contributed by atoms with Gasteiger partial charge in [0.25, 0.3) is 11.5 Å². The summed E-state index contributed by atoms with van der Waals surface area (Å²) >= 11 is 0. The van der Waals surface area contributed by atoms with Gasteiger partial charge < -0.3 is 5.11 Å². The van der Waals surface area contributed by atoms with Crippen LogP contribution >= 0.6 is 0 Å². The van der Waals surface area contributed by atoms with Gasteiger partial charge in [-0.2, -0.15) is 10.2 Å². The number of nitrogens with zero attached hydrogens (tertiary/aromatic N) is 2. The Bertz CT molecular complexity index is 641. The van der Waals surface area contributed by atoms with Gasteiger partial charge in [-0.3, -0.25) is 9.59 Å². The number of hydrogen-bond acceptors (Lipinski definition) is 5. The molecule has 2 rings (SSSR count). The van der Waals surface area contributed by atoms with Gasteiger partial charge in [0.1, 0.15) is 5.75 Å². The number of benzene rings is 1. The Morgan fingerprint density at radius 3 is 2.63 bits per heavy atom. The van der Waals surface area contributed by atoms with Crippen molar-refractivity contribution in [1.82, 2.24) is 15.6 Å². The molecule has 7 nitrogen and oxygen atoms in total. The van der Waals surface area contributed by atoms with Gasteiger partial charge in [0.2, 0.25) is 0 Å². The number of aromatic nitrogens is 2. The lowest BCUT2D eigenvalue weighted by molar-refractivity contribution is 0.0949. The molecule has 7 heteroatoms. The molecule has 0 aliphatic heterocycles. The fraction of sp³-hybridized carbons (Fsp3) is 0. The van der Waals surface area contributed by atoms with Crippen LogP contribution in [0.4, 0.5) is 0 Å². The molecule has 0 aliphatic rings. The van der Waals surface area contributed by atoms with E-state index >= 15 is 0 Å². The molecule has 0 aliphatic carbocycles. The summed E-state index contributed by atoms with van der Waals surface area (Å²) in [4.78, 5) is 22.3. The van der Waals surface area contributed by atoms with Crippen LogP contribution in [0.5, 0.6) is 5.75 Å². The molecule has 0 bridgehead atoms. The molecule has 0 unspecified atom stereocenters. The van der Waals surface area contributed by atoms with Crippen molar-refractivity contribution in [1.29, 1.82) is 0 Å². The Morgan fingerprint density at radius 2 is 2.00 bits per heavy atom. The van der Waals surface area contributed by atoms with Crippen LogP contribution < -0.4 is 11.0 Å². The highest BCUT2D eigenvalue weighted by Gasteiger charge is 2.04. The Labute approximate surface area is 107 Å². The van der Waals surface area contributed by atoms with Crippen molar-refractivity contribution < 1.29 is 9.90 Å². The minimum atomic E-state index is -0.536. The van der Waals surface area contributed by atoms with Gasteiger partial charge in [0.05, 0.1) is 6.21 Å². The minimum absolute atomic E-state index is 0.0578. The first kappa shape index (κ1) is 12.5. The third-order valence-corrected chi connectivity index (χ3v) is 2.18. The highest BCUT2D eigenvalue weighted by molar-refractivity contribution is 5.92. The van der Waals surface area contributed by atoms with Gasteiger partial charge in [0, 0.05) is 6.07 Å². The molecular weight excluding hydrogens is 248 g/mol. The van der Waals surface area contributed by atoms with Gasteiger partial charge in [-0.25, -0.2) is 10.5 Å². The maximum absolute atomic E-state index is 11.6. The summed E-state index contributed by atoms with van der Waals surface area (Å²) < 4.78 is 0. The van der Waals surface area contributed by atoms with Crippen LogP contribution in [0.1, 0.15) is 16.1 Å². The van der Waals surface area contributed by atoms with Gasteiger partial charge in [0.15, 0.2) is 5.69 Å². The van der Waals surface area contributed by atoms with Crippen LogP contribution in [0.15, 0.2) is 46.3 Å². The van der Waals surface area contributed by atoms with Gasteiger partial charge in [-0.05, 0) is 35.9 Å². The number of H-pyrrole nitrogens is 1. The number of phenolic OH excluding ortho intramolecular Hbond substituents is 1. The first-order chi connectivity index (χ1) is 9.15. The number of carbonyl (C=O) groups excluding carboxylic acids is 1. The van der Waals surface area contributed by atoms with Crippen LogP contribution in [-0.2, 0) is 0 Å². The Kier molecular flexibility index (Phi) is 3.67. The van der Waals surface area contributed by atoms with E-state index in [4.69, 9.17) is 5.11 Å². The maximum atomic E-state index is 11.6. The first-order valence-corrected chi connectivity index (χ1v) is 5.33. The van der Waals surface area contributed by atoms with Crippen molar-refractivity contribution >= 4 is 12.1 Å². The summed E-state index contributed by atoms with van der Waals surface area (Å²) in [6.07, 6.45) is 1.42. The second kappa shape index (κ2) is 5.58. The first-order valence-electron chi connectivity index (χ1n) is 5.33. The topological polar surface area (TPSA) is 107 Å². The fourth-order valence-corrected chi connectivity index (χ4v) is 1.25. The van der Waals surface area contributed by atoms with Crippen molar-refractivity contribution in [2.45, 2.75) is 0 Å². The molecule has 1 aromatic carbocycles. The van der Waals surface area contributed by atoms with Gasteiger partial charge in [-0.15, -0.1) is 0 Å². The molecule has 96 valence electrons. The zero-order chi connectivity index (χ0) is 13.7. The normalized spacial score (nSPS) is 10.5. The van der Waals surface area contributed by atoms with Crippen molar-refractivity contribution in [3.05, 3.63) is 58.0 Å². The Balaban J connectivity index is 1.98. The Morgan fingerprint density at radius 1 is 1.26 bits per heavy atom. The lowest BCUT2D eigenvalue weighted by Crippen LogP contribution is -2.21. The number of nitrogens with one attached hydrogen (secondary N) is 2. The molecule has 0 saturated carbocycles. The summed E-state index contributed by atoms with van der Waals surface area (Å²) in [5.74, 6) is -0.384. The number of phenols is 1. The molecule has 3 N–H and O–H groups in total. The van der Waals surface area contributed by atoms with Crippen LogP contribution in [0.25, 0.3) is 0 Å². The number of aromatic hydroxyl groups is 1. The fourth-order valence-electron chi connectivity index (χ4n) is 1.25. The largest absolute Gasteiger partial charge is 0.508 e. The van der Waals surface area contributed by atoms with Crippen LogP contribution in [0.2, 0.25) is 0 Å². The summed E-state index contributed by atoms with van der Waals surface area (Å²) in [5.41, 5.74) is 2.65. The predicted molar refractivity (Wildman–Crippen MR) is 68.0 cm³/mol. The van der Waals surface area contributed by atoms with E-state index in [0.29, 0.717) is 5.56 Å². The Hall–Kier alpha value is -2.96. The van der Waals surface area contributed by atoms with E-state index in [2.05, 4.69) is 20.7 Å². The smallest absolute Gasteiger partial charge is 0.291 e.